The summed E-state index contributed by atoms with van der Waals surface area (Å²) in [7, 11) is 0. The lowest BCUT2D eigenvalue weighted by molar-refractivity contribution is 0.104. The van der Waals surface area contributed by atoms with E-state index in [1.54, 1.807) is 6.08 Å². The van der Waals surface area contributed by atoms with Crippen molar-refractivity contribution in [3.05, 3.63) is 76.4 Å². The highest BCUT2D eigenvalue weighted by Crippen LogP contribution is 2.22. The lowest BCUT2D eigenvalue weighted by atomic mass is 9.87. The number of hydrogen-bond acceptors (Lipinski definition) is 1. The van der Waals surface area contributed by atoms with E-state index in [0.717, 1.165) is 16.7 Å². The van der Waals surface area contributed by atoms with Crippen molar-refractivity contribution in [3.63, 3.8) is 0 Å². The van der Waals surface area contributed by atoms with E-state index < -0.39 is 0 Å². The quantitative estimate of drug-likeness (QED) is 0.539. The Bertz CT molecular complexity index is 698. The predicted octanol–water partition coefficient (Wildman–Crippen LogP) is 5.50. The van der Waals surface area contributed by atoms with Crippen molar-refractivity contribution >= 4 is 11.9 Å². The van der Waals surface area contributed by atoms with Gasteiger partial charge in [0.15, 0.2) is 5.78 Å². The van der Waals surface area contributed by atoms with E-state index in [1.807, 2.05) is 31.2 Å². The smallest absolute Gasteiger partial charge is 0.185 e. The summed E-state index contributed by atoms with van der Waals surface area (Å²) in [4.78, 5) is 12.2. The Hall–Kier alpha value is -2.15. The first-order chi connectivity index (χ1) is 10.3. The number of benzene rings is 2. The van der Waals surface area contributed by atoms with Crippen molar-refractivity contribution in [1.29, 1.82) is 0 Å². The van der Waals surface area contributed by atoms with Gasteiger partial charge in [-0.25, -0.2) is 0 Å². The van der Waals surface area contributed by atoms with Gasteiger partial charge >= 0.3 is 0 Å². The molecule has 0 bridgehead atoms. The number of aryl methyl sites for hydroxylation is 2. The number of carbonyl (C=O) groups is 1. The Balaban J connectivity index is 2.14. The Morgan fingerprint density at radius 3 is 2.09 bits per heavy atom. The monoisotopic (exact) mass is 292 g/mol. The fourth-order valence-electron chi connectivity index (χ4n) is 2.26. The van der Waals surface area contributed by atoms with Crippen LogP contribution in [0.1, 0.15) is 53.4 Å². The number of rotatable bonds is 3. The van der Waals surface area contributed by atoms with Crippen LogP contribution >= 0.6 is 0 Å². The van der Waals surface area contributed by atoms with Crippen LogP contribution in [0.5, 0.6) is 0 Å². The molecular formula is C21H24O. The molecule has 0 atom stereocenters. The first kappa shape index (κ1) is 16.2. The SMILES string of the molecule is Cc1ccc(C(=O)/C=C/c2ccc(C(C)(C)C)cc2)cc1C. The number of ketones is 1. The number of carbonyl (C=O) groups excluding carboxylic acids is 1. The van der Waals surface area contributed by atoms with Gasteiger partial charge in [0.25, 0.3) is 0 Å². The van der Waals surface area contributed by atoms with Crippen molar-refractivity contribution < 1.29 is 4.79 Å². The second-order valence-corrected chi connectivity index (χ2v) is 6.87. The zero-order chi connectivity index (χ0) is 16.3. The van der Waals surface area contributed by atoms with Crippen molar-refractivity contribution in [3.8, 4) is 0 Å². The fraction of sp³-hybridized carbons (Fsp3) is 0.286. The summed E-state index contributed by atoms with van der Waals surface area (Å²) >= 11 is 0. The van der Waals surface area contributed by atoms with E-state index in [4.69, 9.17) is 0 Å². The summed E-state index contributed by atoms with van der Waals surface area (Å²) < 4.78 is 0. The normalized spacial score (nSPS) is 11.9. The first-order valence-electron chi connectivity index (χ1n) is 7.67. The molecule has 0 radical (unpaired) electrons. The van der Waals surface area contributed by atoms with Gasteiger partial charge in [-0.05, 0) is 53.7 Å². The van der Waals surface area contributed by atoms with Gasteiger partial charge < -0.3 is 0 Å². The molecule has 0 aromatic heterocycles. The second kappa shape index (κ2) is 6.31. The van der Waals surface area contributed by atoms with Crippen LogP contribution in [-0.4, -0.2) is 5.78 Å². The maximum atomic E-state index is 12.2. The highest BCUT2D eigenvalue weighted by molar-refractivity contribution is 6.06. The van der Waals surface area contributed by atoms with E-state index in [-0.39, 0.29) is 11.2 Å². The standard InChI is InChI=1S/C21H24O/c1-15-6-10-18(14-16(15)2)20(22)13-9-17-7-11-19(12-8-17)21(3,4)5/h6-14H,1-5H3/b13-9+. The molecule has 22 heavy (non-hydrogen) atoms. The van der Waals surface area contributed by atoms with Crippen LogP contribution in [0, 0.1) is 13.8 Å². The third-order valence-electron chi connectivity index (χ3n) is 4.00. The summed E-state index contributed by atoms with van der Waals surface area (Å²) in [5.41, 5.74) is 5.59. The molecule has 0 heterocycles. The zero-order valence-electron chi connectivity index (χ0n) is 14.1. The summed E-state index contributed by atoms with van der Waals surface area (Å²) in [5, 5.41) is 0. The largest absolute Gasteiger partial charge is 0.289 e. The zero-order valence-corrected chi connectivity index (χ0v) is 14.1. The van der Waals surface area contributed by atoms with E-state index in [0.29, 0.717) is 0 Å². The molecule has 1 heteroatoms. The van der Waals surface area contributed by atoms with E-state index in [9.17, 15) is 4.79 Å². The van der Waals surface area contributed by atoms with E-state index >= 15 is 0 Å². The molecule has 0 amide bonds. The molecule has 0 aliphatic heterocycles. The van der Waals surface area contributed by atoms with Crippen LogP contribution in [-0.2, 0) is 5.41 Å². The van der Waals surface area contributed by atoms with Gasteiger partial charge in [0, 0.05) is 5.56 Å². The summed E-state index contributed by atoms with van der Waals surface area (Å²) in [6.45, 7) is 10.7. The molecule has 0 saturated carbocycles. The van der Waals surface area contributed by atoms with Crippen molar-refractivity contribution in [2.45, 2.75) is 40.0 Å². The summed E-state index contributed by atoms with van der Waals surface area (Å²) in [5.74, 6) is 0.0444. The van der Waals surface area contributed by atoms with Crippen LogP contribution in [0.15, 0.2) is 48.5 Å². The molecule has 2 aromatic rings. The van der Waals surface area contributed by atoms with Gasteiger partial charge in [-0.2, -0.15) is 0 Å². The Morgan fingerprint density at radius 2 is 1.55 bits per heavy atom. The highest BCUT2D eigenvalue weighted by Gasteiger charge is 2.12. The number of allylic oxidation sites excluding steroid dienone is 1. The van der Waals surface area contributed by atoms with Crippen LogP contribution in [0.4, 0.5) is 0 Å². The lowest BCUT2D eigenvalue weighted by Crippen LogP contribution is -2.10. The molecule has 114 valence electrons. The molecule has 0 N–H and O–H groups in total. The molecular weight excluding hydrogens is 268 g/mol. The molecule has 2 rings (SSSR count). The van der Waals surface area contributed by atoms with Crippen molar-refractivity contribution in [1.82, 2.24) is 0 Å². The highest BCUT2D eigenvalue weighted by atomic mass is 16.1. The molecule has 0 aliphatic rings. The lowest BCUT2D eigenvalue weighted by Gasteiger charge is -2.18. The molecule has 0 unspecified atom stereocenters. The Morgan fingerprint density at radius 1 is 0.909 bits per heavy atom. The fourth-order valence-corrected chi connectivity index (χ4v) is 2.26. The minimum absolute atomic E-state index is 0.0444. The van der Waals surface area contributed by atoms with Gasteiger partial charge in [-0.15, -0.1) is 0 Å². The molecule has 0 aliphatic carbocycles. The minimum Gasteiger partial charge on any atom is -0.289 e. The van der Waals surface area contributed by atoms with E-state index in [2.05, 4.69) is 52.0 Å². The molecule has 2 aromatic carbocycles. The first-order valence-corrected chi connectivity index (χ1v) is 7.67. The average Bonchev–Trinajstić information content (AvgIpc) is 2.47. The number of hydrogen-bond donors (Lipinski definition) is 0. The van der Waals surface area contributed by atoms with Gasteiger partial charge in [0.05, 0.1) is 0 Å². The molecule has 0 saturated heterocycles. The third kappa shape index (κ3) is 3.94. The van der Waals surface area contributed by atoms with Crippen LogP contribution in [0.3, 0.4) is 0 Å². The topological polar surface area (TPSA) is 17.1 Å². The van der Waals surface area contributed by atoms with Crippen LogP contribution in [0.25, 0.3) is 6.08 Å². The second-order valence-electron chi connectivity index (χ2n) is 6.87. The van der Waals surface area contributed by atoms with Crippen molar-refractivity contribution in [2.24, 2.45) is 0 Å². The summed E-state index contributed by atoms with van der Waals surface area (Å²) in [6.07, 6.45) is 3.53. The van der Waals surface area contributed by atoms with E-state index in [1.165, 1.54) is 11.1 Å². The maximum absolute atomic E-state index is 12.2. The molecule has 0 fully saturated rings. The molecule has 1 nitrogen and oxygen atoms in total. The van der Waals surface area contributed by atoms with Crippen LogP contribution < -0.4 is 0 Å². The van der Waals surface area contributed by atoms with Gasteiger partial charge in [-0.3, -0.25) is 4.79 Å². The van der Waals surface area contributed by atoms with Crippen molar-refractivity contribution in [2.75, 3.05) is 0 Å². The Kier molecular flexibility index (Phi) is 4.65. The molecule has 0 spiro atoms. The third-order valence-corrected chi connectivity index (χ3v) is 4.00. The maximum Gasteiger partial charge on any atom is 0.185 e. The van der Waals surface area contributed by atoms with Crippen LogP contribution in [0.2, 0.25) is 0 Å². The predicted molar refractivity (Wildman–Crippen MR) is 94.4 cm³/mol. The van der Waals surface area contributed by atoms with Gasteiger partial charge in [0.2, 0.25) is 0 Å². The average molecular weight is 292 g/mol. The minimum atomic E-state index is 0.0444. The van der Waals surface area contributed by atoms with Gasteiger partial charge in [-0.1, -0.05) is 63.2 Å². The Labute approximate surface area is 133 Å². The summed E-state index contributed by atoms with van der Waals surface area (Å²) in [6, 6.07) is 14.2. The van der Waals surface area contributed by atoms with Gasteiger partial charge in [0.1, 0.15) is 0 Å².